The van der Waals surface area contributed by atoms with Crippen molar-refractivity contribution in [3.63, 3.8) is 0 Å². The van der Waals surface area contributed by atoms with Crippen LogP contribution in [-0.2, 0) is 12.8 Å². The topological polar surface area (TPSA) is 76.1 Å². The number of methoxy groups -OCH3 is 1. The van der Waals surface area contributed by atoms with Gasteiger partial charge in [-0.2, -0.15) is 0 Å². The molecule has 0 saturated heterocycles. The average molecular weight is 376 g/mol. The zero-order valence-electron chi connectivity index (χ0n) is 16.1. The third kappa shape index (κ3) is 4.85. The van der Waals surface area contributed by atoms with E-state index in [-0.39, 0.29) is 5.91 Å². The fraction of sp³-hybridized carbons (Fsp3) is 0.227. The molecule has 0 saturated carbocycles. The number of nitrogens with one attached hydrogen (secondary N) is 2. The first-order valence-corrected chi connectivity index (χ1v) is 9.28. The van der Waals surface area contributed by atoms with Gasteiger partial charge in [-0.1, -0.05) is 43.3 Å². The van der Waals surface area contributed by atoms with E-state index in [1.807, 2.05) is 42.5 Å². The number of anilines is 2. The number of rotatable bonds is 8. The fourth-order valence-electron chi connectivity index (χ4n) is 2.90. The van der Waals surface area contributed by atoms with Crippen LogP contribution in [0.1, 0.15) is 28.4 Å². The molecule has 0 atom stereocenters. The van der Waals surface area contributed by atoms with Gasteiger partial charge in [0.25, 0.3) is 5.91 Å². The Kier molecular flexibility index (Phi) is 6.57. The summed E-state index contributed by atoms with van der Waals surface area (Å²) in [5.74, 6) is 1.09. The molecule has 2 N–H and O–H groups in total. The summed E-state index contributed by atoms with van der Waals surface area (Å²) in [6.07, 6.45) is 4.66. The van der Waals surface area contributed by atoms with Gasteiger partial charge in [0.1, 0.15) is 5.75 Å². The molecule has 0 radical (unpaired) electrons. The molecular weight excluding hydrogens is 352 g/mol. The lowest BCUT2D eigenvalue weighted by atomic mass is 10.1. The van der Waals surface area contributed by atoms with E-state index in [1.165, 1.54) is 18.0 Å². The maximum atomic E-state index is 12.3. The van der Waals surface area contributed by atoms with Gasteiger partial charge in [-0.3, -0.25) is 4.79 Å². The Hall–Kier alpha value is -3.41. The lowest BCUT2D eigenvalue weighted by molar-refractivity contribution is 0.0953. The second-order valence-corrected chi connectivity index (χ2v) is 6.25. The molecule has 0 aliphatic heterocycles. The SMILES string of the molecule is CCc1ccccc1Nc1ncc(C(=O)NCCc2ccccc2OC)cn1. The normalized spacial score (nSPS) is 10.4. The first-order valence-electron chi connectivity index (χ1n) is 9.28. The maximum absolute atomic E-state index is 12.3. The highest BCUT2D eigenvalue weighted by molar-refractivity contribution is 5.93. The molecule has 28 heavy (non-hydrogen) atoms. The van der Waals surface area contributed by atoms with E-state index in [2.05, 4.69) is 33.6 Å². The number of aromatic nitrogens is 2. The van der Waals surface area contributed by atoms with Crippen LogP contribution in [-0.4, -0.2) is 29.5 Å². The Morgan fingerprint density at radius 1 is 1.00 bits per heavy atom. The standard InChI is InChI=1S/C22H24N4O2/c1-3-16-8-4-6-10-19(16)26-22-24-14-18(15-25-22)21(27)23-13-12-17-9-5-7-11-20(17)28-2/h4-11,14-15H,3,12-13H2,1-2H3,(H,23,27)(H,24,25,26). The summed E-state index contributed by atoms with van der Waals surface area (Å²) in [6, 6.07) is 15.8. The largest absolute Gasteiger partial charge is 0.496 e. The van der Waals surface area contributed by atoms with E-state index in [9.17, 15) is 4.79 Å². The Bertz CT molecular complexity index is 926. The van der Waals surface area contributed by atoms with E-state index >= 15 is 0 Å². The number of carbonyl (C=O) groups is 1. The Balaban J connectivity index is 1.56. The van der Waals surface area contributed by atoms with Crippen LogP contribution < -0.4 is 15.4 Å². The van der Waals surface area contributed by atoms with Gasteiger partial charge in [-0.25, -0.2) is 9.97 Å². The molecule has 1 heterocycles. The molecule has 0 aliphatic rings. The minimum atomic E-state index is -0.199. The van der Waals surface area contributed by atoms with Gasteiger partial charge in [0.2, 0.25) is 5.95 Å². The number of benzene rings is 2. The van der Waals surface area contributed by atoms with Crippen LogP contribution >= 0.6 is 0 Å². The number of hydrogen-bond acceptors (Lipinski definition) is 5. The molecule has 6 heteroatoms. The summed E-state index contributed by atoms with van der Waals surface area (Å²) in [4.78, 5) is 20.8. The van der Waals surface area contributed by atoms with Gasteiger partial charge >= 0.3 is 0 Å². The minimum absolute atomic E-state index is 0.199. The monoisotopic (exact) mass is 376 g/mol. The number of hydrogen-bond donors (Lipinski definition) is 2. The average Bonchev–Trinajstić information content (AvgIpc) is 2.75. The Morgan fingerprint density at radius 3 is 2.39 bits per heavy atom. The van der Waals surface area contributed by atoms with Crippen molar-refractivity contribution < 1.29 is 9.53 Å². The number of amides is 1. The van der Waals surface area contributed by atoms with Crippen molar-refractivity contribution in [3.8, 4) is 5.75 Å². The van der Waals surface area contributed by atoms with Crippen molar-refractivity contribution >= 4 is 17.5 Å². The Morgan fingerprint density at radius 2 is 1.68 bits per heavy atom. The predicted octanol–water partition coefficient (Wildman–Crippen LogP) is 3.76. The minimum Gasteiger partial charge on any atom is -0.496 e. The third-order valence-corrected chi connectivity index (χ3v) is 4.43. The molecule has 144 valence electrons. The van der Waals surface area contributed by atoms with E-state index < -0.39 is 0 Å². The molecule has 0 spiro atoms. The van der Waals surface area contributed by atoms with Crippen LogP contribution in [0.15, 0.2) is 60.9 Å². The van der Waals surface area contributed by atoms with Crippen LogP contribution in [0, 0.1) is 0 Å². The molecule has 0 bridgehead atoms. The molecule has 0 aliphatic carbocycles. The molecular formula is C22H24N4O2. The van der Waals surface area contributed by atoms with Crippen LogP contribution in [0.4, 0.5) is 11.6 Å². The summed E-state index contributed by atoms with van der Waals surface area (Å²) in [5.41, 5.74) is 3.63. The molecule has 0 fully saturated rings. The molecule has 3 rings (SSSR count). The van der Waals surface area contributed by atoms with Gasteiger partial charge in [-0.15, -0.1) is 0 Å². The van der Waals surface area contributed by atoms with Crippen LogP contribution in [0.2, 0.25) is 0 Å². The summed E-state index contributed by atoms with van der Waals surface area (Å²) in [6.45, 7) is 2.60. The first kappa shape index (κ1) is 19.4. The number of ether oxygens (including phenoxy) is 1. The molecule has 6 nitrogen and oxygen atoms in total. The van der Waals surface area contributed by atoms with Crippen molar-refractivity contribution in [2.45, 2.75) is 19.8 Å². The van der Waals surface area contributed by atoms with E-state index in [0.717, 1.165) is 23.4 Å². The van der Waals surface area contributed by atoms with Crippen molar-refractivity contribution in [1.82, 2.24) is 15.3 Å². The molecule has 1 aromatic heterocycles. The quantitative estimate of drug-likeness (QED) is 0.626. The summed E-state index contributed by atoms with van der Waals surface area (Å²) in [7, 11) is 1.64. The fourth-order valence-corrected chi connectivity index (χ4v) is 2.90. The Labute approximate surface area is 165 Å². The molecule has 3 aromatic rings. The van der Waals surface area contributed by atoms with Gasteiger partial charge in [-0.05, 0) is 36.1 Å². The maximum Gasteiger partial charge on any atom is 0.254 e. The van der Waals surface area contributed by atoms with Gasteiger partial charge < -0.3 is 15.4 Å². The molecule has 0 unspecified atom stereocenters. The summed E-state index contributed by atoms with van der Waals surface area (Å²) >= 11 is 0. The predicted molar refractivity (Wildman–Crippen MR) is 110 cm³/mol. The number of nitrogens with zero attached hydrogens (tertiary/aromatic N) is 2. The highest BCUT2D eigenvalue weighted by Gasteiger charge is 2.09. The number of para-hydroxylation sites is 2. The molecule has 2 aromatic carbocycles. The van der Waals surface area contributed by atoms with E-state index in [1.54, 1.807) is 7.11 Å². The lowest BCUT2D eigenvalue weighted by Crippen LogP contribution is -2.26. The third-order valence-electron chi connectivity index (χ3n) is 4.43. The zero-order chi connectivity index (χ0) is 19.8. The first-order chi connectivity index (χ1) is 13.7. The van der Waals surface area contributed by atoms with Crippen LogP contribution in [0.25, 0.3) is 0 Å². The van der Waals surface area contributed by atoms with Gasteiger partial charge in [0.15, 0.2) is 0 Å². The summed E-state index contributed by atoms with van der Waals surface area (Å²) in [5, 5.41) is 6.09. The van der Waals surface area contributed by atoms with Crippen molar-refractivity contribution in [3.05, 3.63) is 77.6 Å². The van der Waals surface area contributed by atoms with Gasteiger partial charge in [0.05, 0.1) is 12.7 Å². The molecule has 1 amide bonds. The van der Waals surface area contributed by atoms with Crippen molar-refractivity contribution in [2.24, 2.45) is 0 Å². The highest BCUT2D eigenvalue weighted by Crippen LogP contribution is 2.19. The zero-order valence-corrected chi connectivity index (χ0v) is 16.1. The van der Waals surface area contributed by atoms with Crippen LogP contribution in [0.3, 0.4) is 0 Å². The van der Waals surface area contributed by atoms with Crippen molar-refractivity contribution in [2.75, 3.05) is 19.0 Å². The van der Waals surface area contributed by atoms with E-state index in [0.29, 0.717) is 24.5 Å². The highest BCUT2D eigenvalue weighted by atomic mass is 16.5. The summed E-state index contributed by atoms with van der Waals surface area (Å²) < 4.78 is 5.33. The lowest BCUT2D eigenvalue weighted by Gasteiger charge is -2.10. The number of carbonyl (C=O) groups excluding carboxylic acids is 1. The second kappa shape index (κ2) is 9.50. The van der Waals surface area contributed by atoms with E-state index in [4.69, 9.17) is 4.74 Å². The van der Waals surface area contributed by atoms with Gasteiger partial charge in [0, 0.05) is 24.6 Å². The van der Waals surface area contributed by atoms with Crippen LogP contribution in [0.5, 0.6) is 5.75 Å². The second-order valence-electron chi connectivity index (χ2n) is 6.25. The smallest absolute Gasteiger partial charge is 0.254 e. The number of aryl methyl sites for hydroxylation is 1. The van der Waals surface area contributed by atoms with Crippen molar-refractivity contribution in [1.29, 1.82) is 0 Å².